The second-order valence-corrected chi connectivity index (χ2v) is 6.50. The van der Waals surface area contributed by atoms with E-state index in [-0.39, 0.29) is 11.9 Å². The standard InChI is InChI=1S/C15H26N2O/c18-15(16-10-11-5-1-2-6-11)14-9-12-7-3-4-8-13(12)17-14/h11-14,17H,1-10H2,(H,16,18). The second-order valence-electron chi connectivity index (χ2n) is 6.50. The lowest BCUT2D eigenvalue weighted by molar-refractivity contribution is -0.123. The van der Waals surface area contributed by atoms with E-state index in [1.165, 1.54) is 51.4 Å². The van der Waals surface area contributed by atoms with Crippen molar-refractivity contribution in [1.82, 2.24) is 10.6 Å². The van der Waals surface area contributed by atoms with E-state index in [0.717, 1.165) is 24.8 Å². The van der Waals surface area contributed by atoms with E-state index in [4.69, 9.17) is 0 Å². The van der Waals surface area contributed by atoms with Crippen molar-refractivity contribution in [2.45, 2.75) is 69.9 Å². The molecule has 2 N–H and O–H groups in total. The Bertz CT molecular complexity index is 285. The summed E-state index contributed by atoms with van der Waals surface area (Å²) in [7, 11) is 0. The summed E-state index contributed by atoms with van der Waals surface area (Å²) < 4.78 is 0. The Hall–Kier alpha value is -0.570. The van der Waals surface area contributed by atoms with Gasteiger partial charge in [0.15, 0.2) is 0 Å². The average molecular weight is 250 g/mol. The molecule has 0 bridgehead atoms. The van der Waals surface area contributed by atoms with Crippen LogP contribution >= 0.6 is 0 Å². The predicted octanol–water partition coefficient (Wildman–Crippen LogP) is 2.21. The summed E-state index contributed by atoms with van der Waals surface area (Å²) in [5, 5.41) is 6.73. The predicted molar refractivity (Wildman–Crippen MR) is 72.3 cm³/mol. The Kier molecular flexibility index (Phi) is 3.88. The fourth-order valence-electron chi connectivity index (χ4n) is 4.10. The van der Waals surface area contributed by atoms with E-state index in [1.54, 1.807) is 0 Å². The first-order chi connectivity index (χ1) is 8.83. The van der Waals surface area contributed by atoms with E-state index >= 15 is 0 Å². The molecule has 3 rings (SSSR count). The van der Waals surface area contributed by atoms with Crippen LogP contribution in [0.1, 0.15) is 57.8 Å². The highest BCUT2D eigenvalue weighted by atomic mass is 16.2. The van der Waals surface area contributed by atoms with Crippen molar-refractivity contribution in [2.75, 3.05) is 6.54 Å². The summed E-state index contributed by atoms with van der Waals surface area (Å²) in [6, 6.07) is 0.723. The molecule has 0 aromatic rings. The summed E-state index contributed by atoms with van der Waals surface area (Å²) in [5.41, 5.74) is 0. The van der Waals surface area contributed by atoms with Crippen molar-refractivity contribution in [3.8, 4) is 0 Å². The van der Waals surface area contributed by atoms with Crippen molar-refractivity contribution < 1.29 is 4.79 Å². The molecule has 1 saturated heterocycles. The molecule has 1 heterocycles. The smallest absolute Gasteiger partial charge is 0.237 e. The first kappa shape index (κ1) is 12.5. The molecular formula is C15H26N2O. The largest absolute Gasteiger partial charge is 0.354 e. The molecule has 0 spiro atoms. The minimum atomic E-state index is 0.0968. The molecule has 18 heavy (non-hydrogen) atoms. The van der Waals surface area contributed by atoms with Gasteiger partial charge in [-0.25, -0.2) is 0 Å². The first-order valence-electron chi connectivity index (χ1n) is 7.86. The van der Waals surface area contributed by atoms with Gasteiger partial charge in [-0.3, -0.25) is 4.79 Å². The molecule has 3 fully saturated rings. The summed E-state index contributed by atoms with van der Waals surface area (Å²) in [6.07, 6.45) is 11.7. The maximum atomic E-state index is 12.2. The van der Waals surface area contributed by atoms with Crippen molar-refractivity contribution in [3.05, 3.63) is 0 Å². The van der Waals surface area contributed by atoms with Crippen LogP contribution in [0.15, 0.2) is 0 Å². The molecule has 3 aliphatic rings. The molecule has 102 valence electrons. The van der Waals surface area contributed by atoms with Crippen molar-refractivity contribution in [2.24, 2.45) is 11.8 Å². The van der Waals surface area contributed by atoms with Gasteiger partial charge in [0.2, 0.25) is 5.91 Å². The maximum absolute atomic E-state index is 12.2. The van der Waals surface area contributed by atoms with Gasteiger partial charge >= 0.3 is 0 Å². The van der Waals surface area contributed by atoms with E-state index < -0.39 is 0 Å². The Morgan fingerprint density at radius 3 is 2.56 bits per heavy atom. The SMILES string of the molecule is O=C(NCC1CCCC1)C1CC2CCCCC2N1. The van der Waals surface area contributed by atoms with E-state index in [2.05, 4.69) is 10.6 Å². The third-order valence-electron chi connectivity index (χ3n) is 5.22. The lowest BCUT2D eigenvalue weighted by Crippen LogP contribution is -2.44. The zero-order valence-corrected chi connectivity index (χ0v) is 11.3. The van der Waals surface area contributed by atoms with Gasteiger partial charge in [0.1, 0.15) is 0 Å². The van der Waals surface area contributed by atoms with Crippen LogP contribution in [-0.4, -0.2) is 24.5 Å². The van der Waals surface area contributed by atoms with Gasteiger partial charge in [-0.1, -0.05) is 25.7 Å². The first-order valence-corrected chi connectivity index (χ1v) is 7.86. The number of hydrogen-bond donors (Lipinski definition) is 2. The van der Waals surface area contributed by atoms with Crippen LogP contribution in [0.3, 0.4) is 0 Å². The van der Waals surface area contributed by atoms with Crippen molar-refractivity contribution >= 4 is 5.91 Å². The molecule has 0 radical (unpaired) electrons. The number of carbonyl (C=O) groups is 1. The van der Waals surface area contributed by atoms with Gasteiger partial charge in [0, 0.05) is 12.6 Å². The summed E-state index contributed by atoms with van der Waals surface area (Å²) >= 11 is 0. The van der Waals surface area contributed by atoms with Gasteiger partial charge in [-0.2, -0.15) is 0 Å². The monoisotopic (exact) mass is 250 g/mol. The highest BCUT2D eigenvalue weighted by Crippen LogP contribution is 2.33. The fraction of sp³-hybridized carbons (Fsp3) is 0.933. The van der Waals surface area contributed by atoms with Crippen LogP contribution < -0.4 is 10.6 Å². The Balaban J connectivity index is 1.45. The summed E-state index contributed by atoms with van der Waals surface area (Å²) in [4.78, 5) is 12.2. The quantitative estimate of drug-likeness (QED) is 0.806. The zero-order chi connectivity index (χ0) is 12.4. The van der Waals surface area contributed by atoms with Gasteiger partial charge < -0.3 is 10.6 Å². The number of carbonyl (C=O) groups excluding carboxylic acids is 1. The van der Waals surface area contributed by atoms with Gasteiger partial charge in [0.25, 0.3) is 0 Å². The van der Waals surface area contributed by atoms with Gasteiger partial charge in [-0.05, 0) is 43.9 Å². The Labute approximate surface area is 110 Å². The van der Waals surface area contributed by atoms with Gasteiger partial charge in [-0.15, -0.1) is 0 Å². The molecule has 3 unspecified atom stereocenters. The molecule has 3 atom stereocenters. The van der Waals surface area contributed by atoms with Crippen molar-refractivity contribution in [3.63, 3.8) is 0 Å². The highest BCUT2D eigenvalue weighted by Gasteiger charge is 2.38. The Morgan fingerprint density at radius 2 is 1.78 bits per heavy atom. The maximum Gasteiger partial charge on any atom is 0.237 e. The van der Waals surface area contributed by atoms with E-state index in [1.807, 2.05) is 0 Å². The fourth-order valence-corrected chi connectivity index (χ4v) is 4.10. The van der Waals surface area contributed by atoms with Crippen LogP contribution in [0.25, 0.3) is 0 Å². The zero-order valence-electron chi connectivity index (χ0n) is 11.3. The molecule has 1 aliphatic heterocycles. The minimum absolute atomic E-state index is 0.0968. The van der Waals surface area contributed by atoms with Gasteiger partial charge in [0.05, 0.1) is 6.04 Å². The third kappa shape index (κ3) is 2.71. The molecule has 0 aromatic heterocycles. The lowest BCUT2D eigenvalue weighted by Gasteiger charge is -2.24. The van der Waals surface area contributed by atoms with Crippen LogP contribution in [-0.2, 0) is 4.79 Å². The second kappa shape index (κ2) is 5.60. The molecule has 3 heteroatoms. The summed E-state index contributed by atoms with van der Waals surface area (Å²) in [5.74, 6) is 1.77. The number of hydrogen-bond acceptors (Lipinski definition) is 2. The topological polar surface area (TPSA) is 41.1 Å². The molecule has 1 amide bonds. The van der Waals surface area contributed by atoms with Crippen molar-refractivity contribution in [1.29, 1.82) is 0 Å². The molecular weight excluding hydrogens is 224 g/mol. The molecule has 2 saturated carbocycles. The molecule has 2 aliphatic carbocycles. The number of amides is 1. The Morgan fingerprint density at radius 1 is 1.06 bits per heavy atom. The van der Waals surface area contributed by atoms with E-state index in [0.29, 0.717) is 6.04 Å². The van der Waals surface area contributed by atoms with Crippen LogP contribution in [0.4, 0.5) is 0 Å². The number of fused-ring (bicyclic) bond motifs is 1. The molecule has 0 aromatic carbocycles. The highest BCUT2D eigenvalue weighted by molar-refractivity contribution is 5.82. The third-order valence-corrected chi connectivity index (χ3v) is 5.22. The normalized spacial score (nSPS) is 36.6. The number of rotatable bonds is 3. The minimum Gasteiger partial charge on any atom is -0.354 e. The lowest BCUT2D eigenvalue weighted by atomic mass is 9.85. The molecule has 3 nitrogen and oxygen atoms in total. The van der Waals surface area contributed by atoms with E-state index in [9.17, 15) is 4.79 Å². The van der Waals surface area contributed by atoms with Crippen LogP contribution in [0, 0.1) is 11.8 Å². The number of nitrogens with one attached hydrogen (secondary N) is 2. The average Bonchev–Trinajstić information content (AvgIpc) is 3.04. The van der Waals surface area contributed by atoms with Crippen LogP contribution in [0.5, 0.6) is 0 Å². The van der Waals surface area contributed by atoms with Crippen LogP contribution in [0.2, 0.25) is 0 Å². The summed E-state index contributed by atoms with van der Waals surface area (Å²) in [6.45, 7) is 0.909.